The van der Waals surface area contributed by atoms with Crippen LogP contribution < -0.4 is 24.8 Å². The van der Waals surface area contributed by atoms with E-state index in [1.165, 1.54) is 11.1 Å². The molecule has 2 rings (SSSR count). The average molecular weight is 529 g/mol. The van der Waals surface area contributed by atoms with E-state index in [4.69, 9.17) is 18.9 Å². The van der Waals surface area contributed by atoms with Crippen molar-refractivity contribution < 1.29 is 18.9 Å². The predicted molar refractivity (Wildman–Crippen MR) is 130 cm³/mol. The molecule has 166 valence electrons. The zero-order chi connectivity index (χ0) is 21.1. The maximum Gasteiger partial charge on any atom is 0.203 e. The van der Waals surface area contributed by atoms with Crippen molar-refractivity contribution >= 4 is 29.9 Å². The topological polar surface area (TPSA) is 73.3 Å². The first-order chi connectivity index (χ1) is 14.2. The summed E-state index contributed by atoms with van der Waals surface area (Å²) in [5.74, 6) is 2.52. The summed E-state index contributed by atoms with van der Waals surface area (Å²) in [6.07, 6.45) is 0. The van der Waals surface area contributed by atoms with Gasteiger partial charge in [0.1, 0.15) is 0 Å². The van der Waals surface area contributed by atoms with Crippen molar-refractivity contribution in [2.75, 3.05) is 35.0 Å². The number of hydrogen-bond acceptors (Lipinski definition) is 5. The number of guanidine groups is 1. The Morgan fingerprint density at radius 1 is 0.900 bits per heavy atom. The summed E-state index contributed by atoms with van der Waals surface area (Å²) in [5.41, 5.74) is 3.33. The van der Waals surface area contributed by atoms with E-state index in [-0.39, 0.29) is 24.0 Å². The molecule has 0 heterocycles. The maximum absolute atomic E-state index is 5.55. The van der Waals surface area contributed by atoms with E-state index in [9.17, 15) is 0 Å². The first-order valence-electron chi connectivity index (χ1n) is 9.54. The van der Waals surface area contributed by atoms with Gasteiger partial charge in [0, 0.05) is 26.7 Å². The number of nitrogens with zero attached hydrogens (tertiary/aromatic N) is 1. The Hall–Kier alpha value is -2.20. The third-order valence-electron chi connectivity index (χ3n) is 4.43. The highest BCUT2D eigenvalue weighted by Crippen LogP contribution is 2.38. The van der Waals surface area contributed by atoms with Crippen LogP contribution in [0.4, 0.5) is 0 Å². The van der Waals surface area contributed by atoms with Crippen LogP contribution in [0.2, 0.25) is 0 Å². The predicted octanol–water partition coefficient (Wildman–Crippen LogP) is 3.73. The zero-order valence-electron chi connectivity index (χ0n) is 18.3. The molecule has 0 aliphatic heterocycles. The molecular weight excluding hydrogens is 497 g/mol. The number of halogens is 1. The highest BCUT2D eigenvalue weighted by Gasteiger charge is 2.13. The van der Waals surface area contributed by atoms with Crippen molar-refractivity contribution in [3.05, 3.63) is 53.1 Å². The van der Waals surface area contributed by atoms with Crippen LogP contribution in [0.5, 0.6) is 17.2 Å². The quantitative estimate of drug-likeness (QED) is 0.278. The maximum atomic E-state index is 5.55. The third kappa shape index (κ3) is 7.24. The molecule has 0 radical (unpaired) electrons. The molecule has 30 heavy (non-hydrogen) atoms. The Labute approximate surface area is 196 Å². The first-order valence-corrected chi connectivity index (χ1v) is 9.54. The lowest BCUT2D eigenvalue weighted by atomic mass is 10.1. The molecule has 0 unspecified atom stereocenters. The van der Waals surface area contributed by atoms with E-state index in [2.05, 4.69) is 27.8 Å². The minimum atomic E-state index is 0. The summed E-state index contributed by atoms with van der Waals surface area (Å²) in [4.78, 5) is 4.30. The fourth-order valence-corrected chi connectivity index (χ4v) is 2.91. The van der Waals surface area contributed by atoms with Gasteiger partial charge in [-0.1, -0.05) is 24.3 Å². The number of aliphatic imine (C=N–C) groups is 1. The molecule has 8 heteroatoms. The largest absolute Gasteiger partial charge is 0.493 e. The van der Waals surface area contributed by atoms with Crippen LogP contribution in [0.25, 0.3) is 0 Å². The Morgan fingerprint density at radius 2 is 1.50 bits per heavy atom. The summed E-state index contributed by atoms with van der Waals surface area (Å²) in [6, 6.07) is 12.1. The molecule has 2 aromatic rings. The van der Waals surface area contributed by atoms with Gasteiger partial charge in [0.15, 0.2) is 17.5 Å². The van der Waals surface area contributed by atoms with Crippen molar-refractivity contribution in [3.63, 3.8) is 0 Å². The van der Waals surface area contributed by atoms with Crippen LogP contribution >= 0.6 is 24.0 Å². The molecule has 0 bridgehead atoms. The Morgan fingerprint density at radius 3 is 2.03 bits per heavy atom. The lowest BCUT2D eigenvalue weighted by molar-refractivity contribution is 0.133. The zero-order valence-corrected chi connectivity index (χ0v) is 20.6. The van der Waals surface area contributed by atoms with Gasteiger partial charge in [-0.05, 0) is 35.7 Å². The number of nitrogens with one attached hydrogen (secondary N) is 2. The molecule has 0 atom stereocenters. The minimum Gasteiger partial charge on any atom is -0.493 e. The molecule has 0 aromatic heterocycles. The van der Waals surface area contributed by atoms with Gasteiger partial charge < -0.3 is 29.6 Å². The normalized spacial score (nSPS) is 10.8. The molecule has 2 N–H and O–H groups in total. The van der Waals surface area contributed by atoms with Crippen LogP contribution in [0, 0.1) is 0 Å². The number of rotatable bonds is 10. The number of benzene rings is 2. The molecule has 0 aliphatic rings. The van der Waals surface area contributed by atoms with E-state index in [0.717, 1.165) is 5.56 Å². The van der Waals surface area contributed by atoms with E-state index in [1.54, 1.807) is 28.4 Å². The van der Waals surface area contributed by atoms with Crippen molar-refractivity contribution in [2.24, 2.45) is 4.99 Å². The first kappa shape index (κ1) is 25.8. The van der Waals surface area contributed by atoms with E-state index >= 15 is 0 Å². The summed E-state index contributed by atoms with van der Waals surface area (Å²) in [6.45, 7) is 4.50. The molecule has 0 aliphatic carbocycles. The van der Waals surface area contributed by atoms with Gasteiger partial charge in [0.2, 0.25) is 5.75 Å². The Bertz CT molecular complexity index is 790. The van der Waals surface area contributed by atoms with Gasteiger partial charge in [0.05, 0.1) is 27.9 Å². The monoisotopic (exact) mass is 529 g/mol. The second-order valence-electron chi connectivity index (χ2n) is 6.22. The molecular formula is C22H32IN3O4. The lowest BCUT2D eigenvalue weighted by Crippen LogP contribution is -2.36. The molecule has 0 saturated carbocycles. The van der Waals surface area contributed by atoms with Crippen LogP contribution in [-0.4, -0.2) is 40.9 Å². The molecule has 0 saturated heterocycles. The van der Waals surface area contributed by atoms with Gasteiger partial charge >= 0.3 is 0 Å². The Kier molecular flexibility index (Phi) is 12.0. The molecule has 0 spiro atoms. The van der Waals surface area contributed by atoms with E-state index in [0.29, 0.717) is 49.5 Å². The van der Waals surface area contributed by atoms with Crippen molar-refractivity contribution in [2.45, 2.75) is 26.6 Å². The number of hydrogen-bond donors (Lipinski definition) is 2. The van der Waals surface area contributed by atoms with Crippen molar-refractivity contribution in [1.82, 2.24) is 10.6 Å². The summed E-state index contributed by atoms with van der Waals surface area (Å²) >= 11 is 0. The van der Waals surface area contributed by atoms with Crippen molar-refractivity contribution in [1.29, 1.82) is 0 Å². The van der Waals surface area contributed by atoms with Gasteiger partial charge in [-0.2, -0.15) is 0 Å². The number of ether oxygens (including phenoxy) is 4. The SMILES string of the molecule is CCOCc1ccccc1CNC(=NC)NCc1cc(OC)c(OC)c(OC)c1.I. The molecule has 2 aromatic carbocycles. The third-order valence-corrected chi connectivity index (χ3v) is 4.43. The minimum absolute atomic E-state index is 0. The highest BCUT2D eigenvalue weighted by molar-refractivity contribution is 14.0. The van der Waals surface area contributed by atoms with E-state index < -0.39 is 0 Å². The second-order valence-corrected chi connectivity index (χ2v) is 6.22. The summed E-state index contributed by atoms with van der Waals surface area (Å²) in [7, 11) is 6.55. The van der Waals surface area contributed by atoms with Gasteiger partial charge in [-0.15, -0.1) is 24.0 Å². The summed E-state index contributed by atoms with van der Waals surface area (Å²) < 4.78 is 21.7. The fraction of sp³-hybridized carbons (Fsp3) is 0.409. The van der Waals surface area contributed by atoms with Crippen LogP contribution in [0.1, 0.15) is 23.6 Å². The fourth-order valence-electron chi connectivity index (χ4n) is 2.91. The van der Waals surface area contributed by atoms with Crippen LogP contribution in [0.15, 0.2) is 41.4 Å². The molecule has 0 amide bonds. The lowest BCUT2D eigenvalue weighted by Gasteiger charge is -2.16. The second kappa shape index (κ2) is 13.9. The van der Waals surface area contributed by atoms with Crippen LogP contribution in [0.3, 0.4) is 0 Å². The number of methoxy groups -OCH3 is 3. The van der Waals surface area contributed by atoms with Gasteiger partial charge in [-0.3, -0.25) is 4.99 Å². The Balaban J connectivity index is 0.00000450. The van der Waals surface area contributed by atoms with E-state index in [1.807, 2.05) is 31.2 Å². The average Bonchev–Trinajstić information content (AvgIpc) is 2.77. The van der Waals surface area contributed by atoms with Gasteiger partial charge in [0.25, 0.3) is 0 Å². The van der Waals surface area contributed by atoms with Crippen LogP contribution in [-0.2, 0) is 24.4 Å². The standard InChI is InChI=1S/C22H31N3O4.HI/c1-6-29-15-18-10-8-7-9-17(18)14-25-22(23-2)24-13-16-11-19(26-3)21(28-5)20(12-16)27-4;/h7-12H,6,13-15H2,1-5H3,(H2,23,24,25);1H. The smallest absolute Gasteiger partial charge is 0.203 e. The van der Waals surface area contributed by atoms with Crippen molar-refractivity contribution in [3.8, 4) is 17.2 Å². The highest BCUT2D eigenvalue weighted by atomic mass is 127. The summed E-state index contributed by atoms with van der Waals surface area (Å²) in [5, 5.41) is 6.66. The van der Waals surface area contributed by atoms with Gasteiger partial charge in [-0.25, -0.2) is 0 Å². The molecule has 0 fully saturated rings. The molecule has 7 nitrogen and oxygen atoms in total.